The number of carbonyl (C=O) groups is 1. The van der Waals surface area contributed by atoms with Crippen LogP contribution in [-0.4, -0.2) is 66.4 Å². The first-order valence-corrected chi connectivity index (χ1v) is 10.7. The summed E-state index contributed by atoms with van der Waals surface area (Å²) < 4.78 is 12.9. The number of piperazine rings is 1. The second-order valence-corrected chi connectivity index (χ2v) is 7.34. The zero-order chi connectivity index (χ0) is 22.2. The second-order valence-electron chi connectivity index (χ2n) is 7.34. The molecular weight excluding hydrogens is 396 g/mol. The molecule has 0 unspecified atom stereocenters. The Morgan fingerprint density at radius 2 is 2.10 bits per heavy atom. The average molecular weight is 429 g/mol. The zero-order valence-electron chi connectivity index (χ0n) is 18.8. The molecule has 2 heterocycles. The lowest BCUT2D eigenvalue weighted by atomic mass is 10.2. The number of guanidine groups is 1. The summed E-state index contributed by atoms with van der Waals surface area (Å²) in [4.78, 5) is 21.3. The maximum atomic E-state index is 12.7. The molecule has 9 heteroatoms. The predicted octanol–water partition coefficient (Wildman–Crippen LogP) is 2.03. The number of methoxy groups -OCH3 is 1. The van der Waals surface area contributed by atoms with Crippen molar-refractivity contribution in [1.29, 1.82) is 0 Å². The maximum absolute atomic E-state index is 12.7. The summed E-state index contributed by atoms with van der Waals surface area (Å²) in [6.07, 6.45) is 4.51. The van der Waals surface area contributed by atoms with Gasteiger partial charge in [-0.1, -0.05) is 13.0 Å². The van der Waals surface area contributed by atoms with E-state index in [4.69, 9.17) is 14.5 Å². The molecule has 1 aromatic carbocycles. The summed E-state index contributed by atoms with van der Waals surface area (Å²) in [5, 5.41) is 7.47. The number of rotatable bonds is 8. The Balaban J connectivity index is 1.68. The van der Waals surface area contributed by atoms with Gasteiger partial charge >= 0.3 is 0 Å². The van der Waals surface area contributed by atoms with Crippen LogP contribution in [0.5, 0.6) is 11.5 Å². The molecule has 2 aromatic rings. The first-order valence-electron chi connectivity index (χ1n) is 10.7. The first kappa shape index (κ1) is 22.5. The molecular formula is C22H32N6O3. The van der Waals surface area contributed by atoms with Crippen LogP contribution in [0.25, 0.3) is 0 Å². The third-order valence-electron chi connectivity index (χ3n) is 4.96. The van der Waals surface area contributed by atoms with Gasteiger partial charge in [-0.25, -0.2) is 4.99 Å². The summed E-state index contributed by atoms with van der Waals surface area (Å²) in [6, 6.07) is 5.86. The highest BCUT2D eigenvalue weighted by Gasteiger charge is 2.27. The van der Waals surface area contributed by atoms with E-state index in [1.54, 1.807) is 22.9 Å². The molecule has 0 radical (unpaired) electrons. The van der Waals surface area contributed by atoms with Crippen LogP contribution < -0.4 is 19.7 Å². The lowest BCUT2D eigenvalue weighted by Gasteiger charge is -2.35. The van der Waals surface area contributed by atoms with Crippen LogP contribution in [0.1, 0.15) is 25.8 Å². The molecule has 0 atom stereocenters. The van der Waals surface area contributed by atoms with Gasteiger partial charge in [0.05, 0.1) is 32.1 Å². The normalized spacial score (nSPS) is 14.7. The highest BCUT2D eigenvalue weighted by Crippen LogP contribution is 2.28. The largest absolute Gasteiger partial charge is 0.493 e. The number of benzene rings is 1. The van der Waals surface area contributed by atoms with E-state index in [1.165, 1.54) is 0 Å². The van der Waals surface area contributed by atoms with Gasteiger partial charge in [0.15, 0.2) is 17.5 Å². The van der Waals surface area contributed by atoms with Crippen molar-refractivity contribution < 1.29 is 14.3 Å². The van der Waals surface area contributed by atoms with Crippen molar-refractivity contribution in [1.82, 2.24) is 20.0 Å². The Bertz CT molecular complexity index is 910. The van der Waals surface area contributed by atoms with E-state index in [1.807, 2.05) is 43.3 Å². The van der Waals surface area contributed by atoms with E-state index in [0.717, 1.165) is 35.9 Å². The van der Waals surface area contributed by atoms with Gasteiger partial charge in [0.1, 0.15) is 6.54 Å². The molecule has 31 heavy (non-hydrogen) atoms. The molecule has 0 saturated carbocycles. The van der Waals surface area contributed by atoms with Crippen LogP contribution >= 0.6 is 0 Å². The fourth-order valence-electron chi connectivity index (χ4n) is 3.41. The summed E-state index contributed by atoms with van der Waals surface area (Å²) in [5.41, 5.74) is 1.84. The van der Waals surface area contributed by atoms with Crippen molar-refractivity contribution in [3.05, 3.63) is 36.2 Å². The zero-order valence-corrected chi connectivity index (χ0v) is 18.8. The van der Waals surface area contributed by atoms with E-state index < -0.39 is 0 Å². The topological polar surface area (TPSA) is 84.2 Å². The maximum Gasteiger partial charge on any atom is 0.246 e. The van der Waals surface area contributed by atoms with E-state index in [9.17, 15) is 4.79 Å². The van der Waals surface area contributed by atoms with Gasteiger partial charge in [0.2, 0.25) is 5.91 Å². The van der Waals surface area contributed by atoms with Crippen molar-refractivity contribution in [3.8, 4) is 11.5 Å². The SMILES string of the molecule is CCCOc1ccc(CN=C(NCC)N2CCN(c3cnn(C)c3)C(=O)C2)cc1OC. The standard InChI is InChI=1S/C22H32N6O3/c1-5-11-31-19-8-7-17(12-20(19)30-4)13-24-22(23-6-2)27-9-10-28(21(29)16-27)18-14-25-26(3)15-18/h7-8,12,14-15H,5-6,9-11,13,16H2,1-4H3,(H,23,24). The molecule has 0 aliphatic carbocycles. The number of hydrogen-bond acceptors (Lipinski definition) is 5. The molecule has 0 spiro atoms. The Morgan fingerprint density at radius 1 is 1.26 bits per heavy atom. The summed E-state index contributed by atoms with van der Waals surface area (Å²) in [6.45, 7) is 7.50. The molecule has 1 aliphatic rings. The van der Waals surface area contributed by atoms with E-state index in [0.29, 0.717) is 32.0 Å². The van der Waals surface area contributed by atoms with Crippen LogP contribution in [0.15, 0.2) is 35.6 Å². The fraction of sp³-hybridized carbons (Fsp3) is 0.500. The van der Waals surface area contributed by atoms with E-state index >= 15 is 0 Å². The molecule has 1 fully saturated rings. The number of aliphatic imine (C=N–C) groups is 1. The number of hydrogen-bond donors (Lipinski definition) is 1. The van der Waals surface area contributed by atoms with Gasteiger partial charge in [-0.2, -0.15) is 5.10 Å². The third kappa shape index (κ3) is 5.68. The molecule has 1 saturated heterocycles. The smallest absolute Gasteiger partial charge is 0.246 e. The highest BCUT2D eigenvalue weighted by molar-refractivity contribution is 5.98. The molecule has 1 aliphatic heterocycles. The Morgan fingerprint density at radius 3 is 2.74 bits per heavy atom. The van der Waals surface area contributed by atoms with Crippen LogP contribution in [0.4, 0.5) is 5.69 Å². The number of anilines is 1. The van der Waals surface area contributed by atoms with Crippen LogP contribution in [0, 0.1) is 0 Å². The average Bonchev–Trinajstić information content (AvgIpc) is 3.21. The van der Waals surface area contributed by atoms with E-state index in [2.05, 4.69) is 17.3 Å². The summed E-state index contributed by atoms with van der Waals surface area (Å²) in [7, 11) is 3.48. The minimum absolute atomic E-state index is 0.0314. The summed E-state index contributed by atoms with van der Waals surface area (Å²) in [5.74, 6) is 2.20. The number of aromatic nitrogens is 2. The number of amides is 1. The molecule has 9 nitrogen and oxygen atoms in total. The molecule has 3 rings (SSSR count). The quantitative estimate of drug-likeness (QED) is 0.512. The molecule has 1 aromatic heterocycles. The number of aryl methyl sites for hydroxylation is 1. The van der Waals surface area contributed by atoms with Gasteiger partial charge in [0.25, 0.3) is 0 Å². The number of carbonyl (C=O) groups excluding carboxylic acids is 1. The number of nitrogens with zero attached hydrogens (tertiary/aromatic N) is 5. The Labute approximate surface area is 183 Å². The summed E-state index contributed by atoms with van der Waals surface area (Å²) >= 11 is 0. The van der Waals surface area contributed by atoms with Crippen molar-refractivity contribution >= 4 is 17.6 Å². The lowest BCUT2D eigenvalue weighted by Crippen LogP contribution is -2.55. The minimum Gasteiger partial charge on any atom is -0.493 e. The van der Waals surface area contributed by atoms with Gasteiger partial charge in [0, 0.05) is 32.9 Å². The molecule has 1 N–H and O–H groups in total. The van der Waals surface area contributed by atoms with Gasteiger partial charge in [-0.15, -0.1) is 0 Å². The Hall–Kier alpha value is -3.23. The van der Waals surface area contributed by atoms with E-state index in [-0.39, 0.29) is 12.5 Å². The highest BCUT2D eigenvalue weighted by atomic mass is 16.5. The van der Waals surface area contributed by atoms with Crippen LogP contribution in [-0.2, 0) is 18.4 Å². The monoisotopic (exact) mass is 428 g/mol. The Kier molecular flexibility index (Phi) is 7.75. The fourth-order valence-corrected chi connectivity index (χ4v) is 3.41. The third-order valence-corrected chi connectivity index (χ3v) is 4.96. The van der Waals surface area contributed by atoms with Crippen LogP contribution in [0.3, 0.4) is 0 Å². The molecule has 168 valence electrons. The van der Waals surface area contributed by atoms with Gasteiger partial charge < -0.3 is 24.6 Å². The first-order chi connectivity index (χ1) is 15.0. The number of nitrogens with one attached hydrogen (secondary N) is 1. The van der Waals surface area contributed by atoms with Crippen molar-refractivity contribution in [2.75, 3.05) is 44.8 Å². The number of ether oxygens (including phenoxy) is 2. The van der Waals surface area contributed by atoms with Crippen molar-refractivity contribution in [2.45, 2.75) is 26.8 Å². The molecule has 0 bridgehead atoms. The predicted molar refractivity (Wildman–Crippen MR) is 121 cm³/mol. The van der Waals surface area contributed by atoms with Crippen LogP contribution in [0.2, 0.25) is 0 Å². The van der Waals surface area contributed by atoms with Gasteiger partial charge in [-0.3, -0.25) is 9.48 Å². The van der Waals surface area contributed by atoms with Crippen molar-refractivity contribution in [2.24, 2.45) is 12.0 Å². The van der Waals surface area contributed by atoms with Gasteiger partial charge in [-0.05, 0) is 31.0 Å². The minimum atomic E-state index is 0.0314. The lowest BCUT2D eigenvalue weighted by molar-refractivity contribution is -0.120. The molecule has 1 amide bonds. The van der Waals surface area contributed by atoms with Crippen molar-refractivity contribution in [3.63, 3.8) is 0 Å². The second kappa shape index (κ2) is 10.7.